The molecule has 2 aliphatic rings. The smallest absolute Gasteiger partial charge is 0.338 e. The molecule has 2 aromatic rings. The Labute approximate surface area is 217 Å². The van der Waals surface area contributed by atoms with E-state index in [4.69, 9.17) is 11.5 Å². The number of piperazine rings is 1. The summed E-state index contributed by atoms with van der Waals surface area (Å²) in [7, 11) is 2.13. The first kappa shape index (κ1) is 26.8. The monoisotopic (exact) mass is 510 g/mol. The SMILES string of the molecule is CN(Cc1ccc(-n2ccc(NC(=O)N3CCN(C(=O)C(C)(C)N)CC3)nc2=O)cc1)C1CC(CN)C1. The van der Waals surface area contributed by atoms with Crippen LogP contribution in [0.15, 0.2) is 41.3 Å². The molecule has 0 atom stereocenters. The molecule has 3 amide bonds. The molecule has 11 nitrogen and oxygen atoms in total. The zero-order chi connectivity index (χ0) is 26.7. The van der Waals surface area contributed by atoms with Crippen molar-refractivity contribution in [2.45, 2.75) is 44.8 Å². The van der Waals surface area contributed by atoms with E-state index in [-0.39, 0.29) is 17.8 Å². The van der Waals surface area contributed by atoms with E-state index in [2.05, 4.69) is 22.2 Å². The van der Waals surface area contributed by atoms with E-state index in [1.807, 2.05) is 24.3 Å². The van der Waals surface area contributed by atoms with Crippen molar-refractivity contribution in [2.75, 3.05) is 45.1 Å². The number of carbonyl (C=O) groups excluding carboxylic acids is 2. The molecule has 5 N–H and O–H groups in total. The Kier molecular flexibility index (Phi) is 7.96. The van der Waals surface area contributed by atoms with Gasteiger partial charge in [-0.25, -0.2) is 9.59 Å². The summed E-state index contributed by atoms with van der Waals surface area (Å²) in [5.41, 5.74) is 12.1. The van der Waals surface area contributed by atoms with Gasteiger partial charge >= 0.3 is 11.7 Å². The Balaban J connectivity index is 1.31. The first-order valence-corrected chi connectivity index (χ1v) is 12.8. The minimum absolute atomic E-state index is 0.142. The molecular formula is C26H38N8O3. The summed E-state index contributed by atoms with van der Waals surface area (Å²) in [6, 6.07) is 9.65. The second-order valence-electron chi connectivity index (χ2n) is 10.7. The molecule has 1 aliphatic carbocycles. The Hall–Kier alpha value is -3.28. The van der Waals surface area contributed by atoms with Crippen LogP contribution in [-0.2, 0) is 11.3 Å². The molecule has 200 valence electrons. The molecule has 1 aromatic carbocycles. The van der Waals surface area contributed by atoms with Crippen LogP contribution in [0.4, 0.5) is 10.6 Å². The highest BCUT2D eigenvalue weighted by atomic mass is 16.2. The van der Waals surface area contributed by atoms with Gasteiger partial charge in [-0.3, -0.25) is 19.6 Å². The van der Waals surface area contributed by atoms with E-state index in [1.165, 1.54) is 10.1 Å². The van der Waals surface area contributed by atoms with Gasteiger partial charge in [-0.15, -0.1) is 0 Å². The van der Waals surface area contributed by atoms with Crippen molar-refractivity contribution in [1.29, 1.82) is 0 Å². The van der Waals surface area contributed by atoms with E-state index in [0.29, 0.717) is 43.8 Å². The Morgan fingerprint density at radius 1 is 1.08 bits per heavy atom. The van der Waals surface area contributed by atoms with E-state index in [1.54, 1.807) is 35.9 Å². The predicted molar refractivity (Wildman–Crippen MR) is 142 cm³/mol. The van der Waals surface area contributed by atoms with Crippen LogP contribution < -0.4 is 22.5 Å². The average molecular weight is 511 g/mol. The fourth-order valence-corrected chi connectivity index (χ4v) is 4.81. The molecule has 11 heteroatoms. The first-order chi connectivity index (χ1) is 17.5. The van der Waals surface area contributed by atoms with E-state index in [0.717, 1.165) is 25.9 Å². The normalized spacial score (nSPS) is 20.1. The minimum Gasteiger partial charge on any atom is -0.338 e. The van der Waals surface area contributed by atoms with Crippen molar-refractivity contribution in [3.05, 3.63) is 52.6 Å². The number of anilines is 1. The third-order valence-corrected chi connectivity index (χ3v) is 7.26. The van der Waals surface area contributed by atoms with Gasteiger partial charge in [0, 0.05) is 45.0 Å². The summed E-state index contributed by atoms with van der Waals surface area (Å²) < 4.78 is 1.44. The van der Waals surface area contributed by atoms with Crippen LogP contribution in [0, 0.1) is 5.92 Å². The molecule has 1 aliphatic heterocycles. The average Bonchev–Trinajstić information content (AvgIpc) is 2.83. The summed E-state index contributed by atoms with van der Waals surface area (Å²) in [6.45, 7) is 6.50. The lowest BCUT2D eigenvalue weighted by Crippen LogP contribution is -2.58. The van der Waals surface area contributed by atoms with E-state index in [9.17, 15) is 14.4 Å². The zero-order valence-electron chi connectivity index (χ0n) is 21.9. The van der Waals surface area contributed by atoms with Crippen LogP contribution in [0.2, 0.25) is 0 Å². The first-order valence-electron chi connectivity index (χ1n) is 12.8. The van der Waals surface area contributed by atoms with Crippen LogP contribution in [0.25, 0.3) is 5.69 Å². The molecule has 1 saturated heterocycles. The molecule has 1 saturated carbocycles. The highest BCUT2D eigenvalue weighted by molar-refractivity contribution is 5.89. The van der Waals surface area contributed by atoms with Gasteiger partial charge in [0.25, 0.3) is 0 Å². The summed E-state index contributed by atoms with van der Waals surface area (Å²) in [4.78, 5) is 47.3. The summed E-state index contributed by atoms with van der Waals surface area (Å²) in [5.74, 6) is 0.686. The van der Waals surface area contributed by atoms with E-state index >= 15 is 0 Å². The number of aromatic nitrogens is 2. The maximum absolute atomic E-state index is 12.7. The van der Waals surface area contributed by atoms with Crippen LogP contribution >= 0.6 is 0 Å². The fraction of sp³-hybridized carbons (Fsp3) is 0.538. The molecule has 2 fully saturated rings. The Morgan fingerprint density at radius 2 is 1.70 bits per heavy atom. The van der Waals surface area contributed by atoms with Gasteiger partial charge in [-0.05, 0) is 70.0 Å². The second-order valence-corrected chi connectivity index (χ2v) is 10.7. The summed E-state index contributed by atoms with van der Waals surface area (Å²) >= 11 is 0. The number of nitrogens with two attached hydrogens (primary N) is 2. The Morgan fingerprint density at radius 3 is 2.27 bits per heavy atom. The summed E-state index contributed by atoms with van der Waals surface area (Å²) in [6.07, 6.45) is 3.91. The van der Waals surface area contributed by atoms with Crippen LogP contribution in [0.1, 0.15) is 32.3 Å². The highest BCUT2D eigenvalue weighted by Gasteiger charge is 2.32. The quantitative estimate of drug-likeness (QED) is 0.500. The van der Waals surface area contributed by atoms with Crippen molar-refractivity contribution in [1.82, 2.24) is 24.3 Å². The number of carbonyl (C=O) groups is 2. The largest absolute Gasteiger partial charge is 0.354 e. The van der Waals surface area contributed by atoms with Crippen LogP contribution in [0.5, 0.6) is 0 Å². The minimum atomic E-state index is -0.945. The zero-order valence-corrected chi connectivity index (χ0v) is 21.9. The lowest BCUT2D eigenvalue weighted by molar-refractivity contribution is -0.137. The topological polar surface area (TPSA) is 143 Å². The van der Waals surface area contributed by atoms with Gasteiger partial charge in [0.05, 0.1) is 11.2 Å². The van der Waals surface area contributed by atoms with Gasteiger partial charge in [0.15, 0.2) is 0 Å². The maximum atomic E-state index is 12.7. The van der Waals surface area contributed by atoms with Crippen molar-refractivity contribution in [3.63, 3.8) is 0 Å². The number of hydrogen-bond donors (Lipinski definition) is 3. The standard InChI is InChI=1S/C26H38N8O3/c1-26(2,28)23(35)32-10-12-33(13-11-32)24(36)29-22-8-9-34(25(37)30-22)20-6-4-18(5-7-20)17-31(3)21-14-19(15-21)16-27/h4-9,19,21H,10-17,27-28H2,1-3H3,(H,29,30,36,37). The fourth-order valence-electron chi connectivity index (χ4n) is 4.81. The molecular weight excluding hydrogens is 472 g/mol. The molecule has 1 aromatic heterocycles. The molecule has 0 unspecified atom stereocenters. The van der Waals surface area contributed by atoms with Crippen LogP contribution in [-0.4, -0.2) is 87.5 Å². The number of urea groups is 1. The number of nitrogens with one attached hydrogen (secondary N) is 1. The molecule has 2 heterocycles. The lowest BCUT2D eigenvalue weighted by atomic mass is 9.79. The van der Waals surface area contributed by atoms with Gasteiger partial charge < -0.3 is 21.3 Å². The molecule has 4 rings (SSSR count). The predicted octanol–water partition coefficient (Wildman–Crippen LogP) is 0.815. The van der Waals surface area contributed by atoms with Crippen molar-refractivity contribution < 1.29 is 9.59 Å². The van der Waals surface area contributed by atoms with Crippen molar-refractivity contribution in [3.8, 4) is 5.69 Å². The third kappa shape index (κ3) is 6.35. The number of amides is 3. The van der Waals surface area contributed by atoms with Gasteiger partial charge in [-0.1, -0.05) is 12.1 Å². The number of nitrogens with zero attached hydrogens (tertiary/aromatic N) is 5. The molecule has 0 radical (unpaired) electrons. The Bertz CT molecular complexity index is 1160. The lowest BCUT2D eigenvalue weighted by Gasteiger charge is -2.40. The number of rotatable bonds is 7. The highest BCUT2D eigenvalue weighted by Crippen LogP contribution is 2.30. The van der Waals surface area contributed by atoms with Crippen molar-refractivity contribution in [2.24, 2.45) is 17.4 Å². The maximum Gasteiger partial charge on any atom is 0.354 e. The molecule has 0 bridgehead atoms. The molecule has 0 spiro atoms. The molecule has 37 heavy (non-hydrogen) atoms. The summed E-state index contributed by atoms with van der Waals surface area (Å²) in [5, 5.41) is 2.69. The van der Waals surface area contributed by atoms with Crippen LogP contribution in [0.3, 0.4) is 0 Å². The van der Waals surface area contributed by atoms with Gasteiger partial charge in [-0.2, -0.15) is 4.98 Å². The number of hydrogen-bond acceptors (Lipinski definition) is 7. The van der Waals surface area contributed by atoms with Gasteiger partial charge in [0.1, 0.15) is 5.82 Å². The van der Waals surface area contributed by atoms with E-state index < -0.39 is 11.2 Å². The van der Waals surface area contributed by atoms with Gasteiger partial charge in [0.2, 0.25) is 5.91 Å². The second kappa shape index (κ2) is 11.0. The van der Waals surface area contributed by atoms with Crippen molar-refractivity contribution >= 4 is 17.8 Å². The number of benzene rings is 1. The third-order valence-electron chi connectivity index (χ3n) is 7.26.